The van der Waals surface area contributed by atoms with Crippen LogP contribution in [-0.2, 0) is 6.54 Å². The second-order valence-corrected chi connectivity index (χ2v) is 11.3. The molecule has 36 heavy (non-hydrogen) atoms. The number of hydroxylamine groups is 1. The molecule has 2 aromatic carbocycles. The molecule has 7 nitrogen and oxygen atoms in total. The number of aromatic nitrogens is 1. The maximum Gasteiger partial charge on any atom is 0.278 e. The van der Waals surface area contributed by atoms with Gasteiger partial charge in [-0.2, -0.15) is 0 Å². The standard InChI is InChI=1S/C29H33N3O4/c1-36-26-11-18(2-4-24(26)28(34)31-35)16-32-7-6-22-12-23(3-5-25(22)32)27(33)30-17-29-13-19-8-20(14-29)10-21(9-19)15-29/h2-7,11-12,19-21,35H,8-10,13-17H2,1H3,(H,30,33)(H,31,34). The van der Waals surface area contributed by atoms with Crippen molar-refractivity contribution in [3.8, 4) is 5.75 Å². The third-order valence-electron chi connectivity index (χ3n) is 8.79. The van der Waals surface area contributed by atoms with Crippen LogP contribution in [0.1, 0.15) is 64.8 Å². The van der Waals surface area contributed by atoms with Crippen LogP contribution in [0.25, 0.3) is 10.9 Å². The summed E-state index contributed by atoms with van der Waals surface area (Å²) >= 11 is 0. The first-order valence-corrected chi connectivity index (χ1v) is 12.9. The Labute approximate surface area is 210 Å². The Morgan fingerprint density at radius 3 is 2.39 bits per heavy atom. The number of nitrogens with one attached hydrogen (secondary N) is 2. The summed E-state index contributed by atoms with van der Waals surface area (Å²) in [4.78, 5) is 24.9. The van der Waals surface area contributed by atoms with Crippen LogP contribution in [0.2, 0.25) is 0 Å². The minimum absolute atomic E-state index is 0.0166. The van der Waals surface area contributed by atoms with Crippen LogP contribution in [0.15, 0.2) is 48.7 Å². The zero-order chi connectivity index (χ0) is 24.9. The third-order valence-corrected chi connectivity index (χ3v) is 8.79. The first-order chi connectivity index (χ1) is 17.4. The number of carbonyl (C=O) groups is 2. The monoisotopic (exact) mass is 487 g/mol. The zero-order valence-electron chi connectivity index (χ0n) is 20.6. The predicted octanol–water partition coefficient (Wildman–Crippen LogP) is 4.76. The van der Waals surface area contributed by atoms with Crippen LogP contribution in [0.3, 0.4) is 0 Å². The Kier molecular flexibility index (Phi) is 5.75. The second kappa shape index (κ2) is 8.96. The Morgan fingerprint density at radius 1 is 1.00 bits per heavy atom. The first kappa shape index (κ1) is 23.1. The van der Waals surface area contributed by atoms with Gasteiger partial charge in [0.1, 0.15) is 5.75 Å². The van der Waals surface area contributed by atoms with E-state index in [0.29, 0.717) is 23.3 Å². The summed E-state index contributed by atoms with van der Waals surface area (Å²) in [5.74, 6) is 2.45. The molecular formula is C29H33N3O4. The number of fused-ring (bicyclic) bond motifs is 1. The fourth-order valence-corrected chi connectivity index (χ4v) is 7.63. The molecule has 0 aliphatic heterocycles. The molecule has 4 aliphatic carbocycles. The number of hydrogen-bond donors (Lipinski definition) is 3. The summed E-state index contributed by atoms with van der Waals surface area (Å²) in [5, 5.41) is 13.2. The Balaban J connectivity index is 1.15. The Morgan fingerprint density at radius 2 is 1.72 bits per heavy atom. The molecule has 188 valence electrons. The highest BCUT2D eigenvalue weighted by molar-refractivity contribution is 5.98. The summed E-state index contributed by atoms with van der Waals surface area (Å²) in [5.41, 5.74) is 4.92. The van der Waals surface area contributed by atoms with Gasteiger partial charge in [-0.1, -0.05) is 6.07 Å². The van der Waals surface area contributed by atoms with Gasteiger partial charge in [0, 0.05) is 35.8 Å². The van der Waals surface area contributed by atoms with Gasteiger partial charge in [-0.25, -0.2) is 5.48 Å². The van der Waals surface area contributed by atoms with Gasteiger partial charge < -0.3 is 14.6 Å². The lowest BCUT2D eigenvalue weighted by Crippen LogP contribution is -2.51. The van der Waals surface area contributed by atoms with Crippen LogP contribution < -0.4 is 15.5 Å². The van der Waals surface area contributed by atoms with Crippen molar-refractivity contribution in [2.45, 2.75) is 45.1 Å². The van der Waals surface area contributed by atoms with Crippen molar-refractivity contribution in [2.75, 3.05) is 13.7 Å². The predicted molar refractivity (Wildman–Crippen MR) is 136 cm³/mol. The molecule has 4 saturated carbocycles. The molecule has 3 aromatic rings. The van der Waals surface area contributed by atoms with Gasteiger partial charge in [0.25, 0.3) is 11.8 Å². The van der Waals surface area contributed by atoms with Crippen molar-refractivity contribution in [1.82, 2.24) is 15.4 Å². The van der Waals surface area contributed by atoms with Crippen LogP contribution >= 0.6 is 0 Å². The SMILES string of the molecule is COc1cc(Cn2ccc3cc(C(=O)NCC45CC6CC(CC(C6)C4)C5)ccc32)ccc1C(=O)NO. The number of ether oxygens (including phenoxy) is 1. The van der Waals surface area contributed by atoms with E-state index in [1.54, 1.807) is 17.6 Å². The van der Waals surface area contributed by atoms with Gasteiger partial charge in [-0.3, -0.25) is 14.8 Å². The number of amides is 2. The van der Waals surface area contributed by atoms with Crippen molar-refractivity contribution in [3.05, 3.63) is 65.4 Å². The van der Waals surface area contributed by atoms with E-state index in [4.69, 9.17) is 9.94 Å². The number of carbonyl (C=O) groups excluding carboxylic acids is 2. The molecule has 3 N–H and O–H groups in total. The molecular weight excluding hydrogens is 454 g/mol. The van der Waals surface area contributed by atoms with E-state index >= 15 is 0 Å². The number of methoxy groups -OCH3 is 1. The molecule has 4 bridgehead atoms. The van der Waals surface area contributed by atoms with Gasteiger partial charge in [-0.05, 0) is 104 Å². The third kappa shape index (κ3) is 4.15. The molecule has 4 aliphatic rings. The van der Waals surface area contributed by atoms with Crippen molar-refractivity contribution >= 4 is 22.7 Å². The van der Waals surface area contributed by atoms with Crippen molar-refractivity contribution in [2.24, 2.45) is 23.2 Å². The molecule has 0 spiro atoms. The Bertz CT molecular complexity index is 1290. The summed E-state index contributed by atoms with van der Waals surface area (Å²) in [6, 6.07) is 13.2. The fraction of sp³-hybridized carbons (Fsp3) is 0.448. The average Bonchev–Trinajstić information content (AvgIpc) is 3.27. The molecule has 1 aromatic heterocycles. The number of benzene rings is 2. The number of hydrogen-bond acceptors (Lipinski definition) is 4. The fourth-order valence-electron chi connectivity index (χ4n) is 7.63. The van der Waals surface area contributed by atoms with Crippen LogP contribution in [0.5, 0.6) is 5.75 Å². The summed E-state index contributed by atoms with van der Waals surface area (Å²) in [6.45, 7) is 1.39. The van der Waals surface area contributed by atoms with E-state index in [9.17, 15) is 9.59 Å². The molecule has 0 radical (unpaired) electrons. The van der Waals surface area contributed by atoms with E-state index in [-0.39, 0.29) is 11.5 Å². The maximum absolute atomic E-state index is 13.1. The molecule has 0 atom stereocenters. The quantitative estimate of drug-likeness (QED) is 0.331. The number of nitrogens with zero attached hydrogens (tertiary/aromatic N) is 1. The topological polar surface area (TPSA) is 92.6 Å². The molecule has 4 fully saturated rings. The minimum Gasteiger partial charge on any atom is -0.496 e. The zero-order valence-corrected chi connectivity index (χ0v) is 20.6. The molecule has 0 saturated heterocycles. The van der Waals surface area contributed by atoms with Crippen LogP contribution in [0, 0.1) is 23.2 Å². The van der Waals surface area contributed by atoms with Gasteiger partial charge in [0.15, 0.2) is 0 Å². The molecule has 0 unspecified atom stereocenters. The maximum atomic E-state index is 13.1. The van der Waals surface area contributed by atoms with E-state index in [2.05, 4.69) is 9.88 Å². The van der Waals surface area contributed by atoms with Crippen molar-refractivity contribution in [3.63, 3.8) is 0 Å². The molecule has 7 rings (SSSR count). The highest BCUT2D eigenvalue weighted by Gasteiger charge is 2.50. The second-order valence-electron chi connectivity index (χ2n) is 11.3. The van der Waals surface area contributed by atoms with E-state index in [0.717, 1.165) is 40.8 Å². The lowest BCUT2D eigenvalue weighted by Gasteiger charge is -2.56. The lowest BCUT2D eigenvalue weighted by molar-refractivity contribution is -0.0503. The number of rotatable bonds is 7. The van der Waals surface area contributed by atoms with Crippen molar-refractivity contribution in [1.29, 1.82) is 0 Å². The smallest absolute Gasteiger partial charge is 0.278 e. The average molecular weight is 488 g/mol. The van der Waals surface area contributed by atoms with Gasteiger partial charge in [0.05, 0.1) is 12.7 Å². The summed E-state index contributed by atoms with van der Waals surface area (Å²) in [7, 11) is 1.49. The van der Waals surface area contributed by atoms with Gasteiger partial charge in [-0.15, -0.1) is 0 Å². The van der Waals surface area contributed by atoms with E-state index in [1.165, 1.54) is 45.6 Å². The van der Waals surface area contributed by atoms with Gasteiger partial charge >= 0.3 is 0 Å². The first-order valence-electron chi connectivity index (χ1n) is 12.9. The van der Waals surface area contributed by atoms with Crippen LogP contribution in [0.4, 0.5) is 0 Å². The summed E-state index contributed by atoms with van der Waals surface area (Å²) < 4.78 is 7.44. The lowest BCUT2D eigenvalue weighted by atomic mass is 9.49. The van der Waals surface area contributed by atoms with Crippen LogP contribution in [-0.4, -0.2) is 35.2 Å². The minimum atomic E-state index is -0.612. The van der Waals surface area contributed by atoms with Crippen molar-refractivity contribution < 1.29 is 19.5 Å². The normalized spacial score (nSPS) is 26.2. The largest absolute Gasteiger partial charge is 0.496 e. The highest BCUT2D eigenvalue weighted by atomic mass is 16.5. The Hall–Kier alpha value is -3.32. The van der Waals surface area contributed by atoms with Gasteiger partial charge in [0.2, 0.25) is 0 Å². The van der Waals surface area contributed by atoms with E-state index < -0.39 is 5.91 Å². The highest BCUT2D eigenvalue weighted by Crippen LogP contribution is 2.59. The molecule has 1 heterocycles. The molecule has 7 heteroatoms. The van der Waals surface area contributed by atoms with E-state index in [1.807, 2.05) is 36.5 Å². The summed E-state index contributed by atoms with van der Waals surface area (Å²) in [6.07, 6.45) is 10.1. The molecule has 2 amide bonds.